The lowest BCUT2D eigenvalue weighted by Crippen LogP contribution is -1.96. The number of rotatable bonds is 1. The van der Waals surface area contributed by atoms with Crippen LogP contribution in [0.2, 0.25) is 0 Å². The third-order valence-corrected chi connectivity index (χ3v) is 1.58. The summed E-state index contributed by atoms with van der Waals surface area (Å²) in [5.74, 6) is -0.456. The van der Waals surface area contributed by atoms with Gasteiger partial charge in [-0.2, -0.15) is 0 Å². The topological polar surface area (TPSA) is 17.1 Å². The Bertz CT molecular complexity index is 305. The Morgan fingerprint density at radius 2 is 1.86 bits per heavy atom. The minimum atomic E-state index is -0.360. The molecule has 0 aliphatic carbocycles. The van der Waals surface area contributed by atoms with E-state index in [9.17, 15) is 9.18 Å². The molecule has 0 amide bonds. The van der Waals surface area contributed by atoms with Crippen molar-refractivity contribution >= 4 is 5.78 Å². The number of ketones is 1. The van der Waals surface area contributed by atoms with Crippen LogP contribution in [0.3, 0.4) is 0 Å². The van der Waals surface area contributed by atoms with E-state index >= 15 is 0 Å². The van der Waals surface area contributed by atoms with Crippen LogP contribution in [-0.4, -0.2) is 5.78 Å². The van der Waals surface area contributed by atoms with Gasteiger partial charge in [0.2, 0.25) is 0 Å². The molecule has 0 spiro atoms. The highest BCUT2D eigenvalue weighted by Gasteiger charge is 2.03. The molecular weight excluding hydrogens is 179 g/mol. The highest BCUT2D eigenvalue weighted by molar-refractivity contribution is 5.95. The Hall–Kier alpha value is -1.18. The molecule has 0 saturated carbocycles. The lowest BCUT2D eigenvalue weighted by molar-refractivity contribution is 0.101. The van der Waals surface area contributed by atoms with E-state index in [1.165, 1.54) is 25.5 Å². The van der Waals surface area contributed by atoms with Gasteiger partial charge in [0.15, 0.2) is 5.78 Å². The summed E-state index contributed by atoms with van der Waals surface area (Å²) in [7, 11) is 0. The first-order chi connectivity index (χ1) is 6.52. The first-order valence-corrected chi connectivity index (χ1v) is 4.80. The highest BCUT2D eigenvalue weighted by atomic mass is 19.1. The van der Waals surface area contributed by atoms with Crippen molar-refractivity contribution in [2.45, 2.75) is 34.1 Å². The van der Waals surface area contributed by atoms with Gasteiger partial charge in [0.1, 0.15) is 5.82 Å². The van der Waals surface area contributed by atoms with Crippen molar-refractivity contribution in [3.05, 3.63) is 35.1 Å². The van der Waals surface area contributed by atoms with Crippen molar-refractivity contribution in [3.63, 3.8) is 0 Å². The molecule has 0 aliphatic rings. The van der Waals surface area contributed by atoms with Crippen LogP contribution in [0.4, 0.5) is 4.39 Å². The number of carbonyl (C=O) groups is 1. The molecule has 0 radical (unpaired) electrons. The van der Waals surface area contributed by atoms with Crippen molar-refractivity contribution in [3.8, 4) is 0 Å². The van der Waals surface area contributed by atoms with Crippen molar-refractivity contribution in [1.29, 1.82) is 0 Å². The minimum Gasteiger partial charge on any atom is -0.294 e. The average molecular weight is 196 g/mol. The number of halogens is 1. The summed E-state index contributed by atoms with van der Waals surface area (Å²) in [4.78, 5) is 10.9. The molecule has 0 heterocycles. The van der Waals surface area contributed by atoms with Crippen LogP contribution in [0.15, 0.2) is 18.2 Å². The van der Waals surface area contributed by atoms with Gasteiger partial charge in [-0.1, -0.05) is 26.3 Å². The van der Waals surface area contributed by atoms with E-state index in [0.29, 0.717) is 5.56 Å². The summed E-state index contributed by atoms with van der Waals surface area (Å²) in [5, 5.41) is 0. The second-order valence-electron chi connectivity index (χ2n) is 3.22. The molecule has 1 aromatic rings. The predicted octanol–water partition coefficient (Wildman–Crippen LogP) is 3.75. The first-order valence-electron chi connectivity index (χ1n) is 4.80. The number of benzene rings is 1. The van der Waals surface area contributed by atoms with E-state index in [2.05, 4.69) is 13.8 Å². The molecule has 0 atom stereocenters. The Labute approximate surface area is 85.0 Å². The smallest absolute Gasteiger partial charge is 0.160 e. The highest BCUT2D eigenvalue weighted by Crippen LogP contribution is 2.10. The molecule has 0 bridgehead atoms. The van der Waals surface area contributed by atoms with Crippen LogP contribution in [0.1, 0.15) is 43.1 Å². The van der Waals surface area contributed by atoms with E-state index < -0.39 is 0 Å². The maximum Gasteiger partial charge on any atom is 0.160 e. The van der Waals surface area contributed by atoms with Crippen LogP contribution in [0.5, 0.6) is 0 Å². The van der Waals surface area contributed by atoms with E-state index in [1.807, 2.05) is 0 Å². The van der Waals surface area contributed by atoms with Crippen LogP contribution >= 0.6 is 0 Å². The molecular formula is C12H17FO. The fourth-order valence-corrected chi connectivity index (χ4v) is 0.974. The van der Waals surface area contributed by atoms with Gasteiger partial charge < -0.3 is 0 Å². The lowest BCUT2D eigenvalue weighted by Gasteiger charge is -1.99. The SMILES string of the molecule is CC(=O)c1cc(F)ccc1C.CCC. The van der Waals surface area contributed by atoms with E-state index in [1.54, 1.807) is 13.0 Å². The quantitative estimate of drug-likeness (QED) is 0.625. The molecule has 1 rings (SSSR count). The van der Waals surface area contributed by atoms with Crippen molar-refractivity contribution in [2.75, 3.05) is 0 Å². The zero-order valence-electron chi connectivity index (χ0n) is 9.23. The Balaban J connectivity index is 0.000000500. The normalized spacial score (nSPS) is 8.93. The zero-order chi connectivity index (χ0) is 11.1. The third-order valence-electron chi connectivity index (χ3n) is 1.58. The monoisotopic (exact) mass is 196 g/mol. The lowest BCUT2D eigenvalue weighted by atomic mass is 10.1. The van der Waals surface area contributed by atoms with E-state index in [-0.39, 0.29) is 11.6 Å². The van der Waals surface area contributed by atoms with Crippen LogP contribution in [-0.2, 0) is 0 Å². The summed E-state index contributed by atoms with van der Waals surface area (Å²) >= 11 is 0. The summed E-state index contributed by atoms with van der Waals surface area (Å²) in [6.45, 7) is 7.47. The fraction of sp³-hybridized carbons (Fsp3) is 0.417. The van der Waals surface area contributed by atoms with Crippen LogP contribution in [0, 0.1) is 12.7 Å². The van der Waals surface area contributed by atoms with Gasteiger partial charge in [0.05, 0.1) is 0 Å². The Kier molecular flexibility index (Phi) is 5.77. The summed E-state index contributed by atoms with van der Waals surface area (Å²) in [6.07, 6.45) is 1.25. The molecule has 0 unspecified atom stereocenters. The average Bonchev–Trinajstić information content (AvgIpc) is 2.10. The zero-order valence-corrected chi connectivity index (χ0v) is 9.23. The number of hydrogen-bond donors (Lipinski definition) is 0. The fourth-order valence-electron chi connectivity index (χ4n) is 0.974. The maximum atomic E-state index is 12.6. The number of Topliss-reactive ketones (excluding diaryl/α,β-unsaturated/α-hetero) is 1. The Morgan fingerprint density at radius 1 is 1.36 bits per heavy atom. The molecule has 0 fully saturated rings. The van der Waals surface area contributed by atoms with Crippen LogP contribution < -0.4 is 0 Å². The number of hydrogen-bond acceptors (Lipinski definition) is 1. The number of carbonyl (C=O) groups excluding carboxylic acids is 1. The maximum absolute atomic E-state index is 12.6. The van der Waals surface area contributed by atoms with Crippen molar-refractivity contribution in [2.24, 2.45) is 0 Å². The predicted molar refractivity (Wildman–Crippen MR) is 57.1 cm³/mol. The van der Waals surface area contributed by atoms with Gasteiger partial charge in [-0.25, -0.2) is 4.39 Å². The van der Waals surface area contributed by atoms with Crippen molar-refractivity contribution in [1.82, 2.24) is 0 Å². The molecule has 1 nitrogen and oxygen atoms in total. The molecule has 1 aromatic carbocycles. The largest absolute Gasteiger partial charge is 0.294 e. The van der Waals surface area contributed by atoms with Gasteiger partial charge in [-0.05, 0) is 31.5 Å². The van der Waals surface area contributed by atoms with E-state index in [0.717, 1.165) is 5.56 Å². The molecule has 14 heavy (non-hydrogen) atoms. The van der Waals surface area contributed by atoms with Gasteiger partial charge in [-0.3, -0.25) is 4.79 Å². The number of aryl methyl sites for hydroxylation is 1. The molecule has 0 N–H and O–H groups in total. The molecule has 0 aromatic heterocycles. The van der Waals surface area contributed by atoms with Gasteiger partial charge in [0, 0.05) is 5.56 Å². The molecule has 0 saturated heterocycles. The van der Waals surface area contributed by atoms with E-state index in [4.69, 9.17) is 0 Å². The van der Waals surface area contributed by atoms with Crippen molar-refractivity contribution < 1.29 is 9.18 Å². The second-order valence-corrected chi connectivity index (χ2v) is 3.22. The van der Waals surface area contributed by atoms with Gasteiger partial charge in [0.25, 0.3) is 0 Å². The Morgan fingerprint density at radius 3 is 2.21 bits per heavy atom. The second kappa shape index (κ2) is 6.30. The summed E-state index contributed by atoms with van der Waals surface area (Å²) < 4.78 is 12.6. The minimum absolute atomic E-state index is 0.0954. The van der Waals surface area contributed by atoms with Crippen LogP contribution in [0.25, 0.3) is 0 Å². The standard InChI is InChI=1S/C9H9FO.C3H8/c1-6-3-4-8(10)5-9(6)7(2)11;1-3-2/h3-5H,1-2H3;3H2,1-2H3. The summed E-state index contributed by atoms with van der Waals surface area (Å²) in [5.41, 5.74) is 1.28. The van der Waals surface area contributed by atoms with Gasteiger partial charge in [-0.15, -0.1) is 0 Å². The third kappa shape index (κ3) is 4.17. The first kappa shape index (κ1) is 12.8. The molecule has 78 valence electrons. The molecule has 2 heteroatoms. The summed E-state index contributed by atoms with van der Waals surface area (Å²) in [6, 6.07) is 4.21. The van der Waals surface area contributed by atoms with Gasteiger partial charge >= 0.3 is 0 Å². The molecule has 0 aliphatic heterocycles.